The Labute approximate surface area is 50.9 Å². The van der Waals surface area contributed by atoms with Crippen molar-refractivity contribution >= 4 is 0 Å². The van der Waals surface area contributed by atoms with Crippen molar-refractivity contribution in [1.29, 1.82) is 0 Å². The lowest BCUT2D eigenvalue weighted by Gasteiger charge is -1.77. The Morgan fingerprint density at radius 1 is 1.62 bits per heavy atom. The van der Waals surface area contributed by atoms with Crippen molar-refractivity contribution in [3.05, 3.63) is 24.3 Å². The summed E-state index contributed by atoms with van der Waals surface area (Å²) in [5.74, 6) is 5.57. The standard InChI is InChI=1S/C8H10/c1-4-6-8(3)7-5-2/h4,6H,3H2,1-2H3/b6-4-. The van der Waals surface area contributed by atoms with Gasteiger partial charge >= 0.3 is 0 Å². The van der Waals surface area contributed by atoms with E-state index in [1.165, 1.54) is 0 Å². The average Bonchev–Trinajstić information content (AvgIpc) is 1.68. The zero-order valence-corrected chi connectivity index (χ0v) is 5.36. The first-order valence-electron chi connectivity index (χ1n) is 2.55. The Kier molecular flexibility index (Phi) is 3.70. The molecule has 0 spiro atoms. The Hall–Kier alpha value is -0.960. The van der Waals surface area contributed by atoms with E-state index in [1.807, 2.05) is 19.1 Å². The van der Waals surface area contributed by atoms with Gasteiger partial charge in [-0.1, -0.05) is 24.7 Å². The number of allylic oxidation sites excluding steroid dienone is 3. The zero-order valence-electron chi connectivity index (χ0n) is 5.36. The molecule has 0 saturated heterocycles. The molecule has 0 aliphatic heterocycles. The van der Waals surface area contributed by atoms with Crippen LogP contribution in [0.5, 0.6) is 0 Å². The third kappa shape index (κ3) is 3.24. The van der Waals surface area contributed by atoms with Crippen molar-refractivity contribution in [3.8, 4) is 11.8 Å². The fourth-order valence-electron chi connectivity index (χ4n) is 0.403. The van der Waals surface area contributed by atoms with Crippen molar-refractivity contribution in [2.45, 2.75) is 13.8 Å². The van der Waals surface area contributed by atoms with Crippen molar-refractivity contribution < 1.29 is 0 Å². The number of hydrogen-bond acceptors (Lipinski definition) is 0. The van der Waals surface area contributed by atoms with Gasteiger partial charge in [-0.25, -0.2) is 0 Å². The molecule has 0 aromatic carbocycles. The SMILES string of the molecule is C=C(C#CC)/C=C\C. The maximum Gasteiger partial charge on any atom is 0.0169 e. The normalized spacial score (nSPS) is 8.25. The molecule has 0 amide bonds. The second kappa shape index (κ2) is 4.21. The van der Waals surface area contributed by atoms with E-state index in [-0.39, 0.29) is 0 Å². The summed E-state index contributed by atoms with van der Waals surface area (Å²) >= 11 is 0. The Bertz CT molecular complexity index is 151. The van der Waals surface area contributed by atoms with Crippen LogP contribution in [0.25, 0.3) is 0 Å². The van der Waals surface area contributed by atoms with E-state index in [4.69, 9.17) is 0 Å². The molecule has 42 valence electrons. The Morgan fingerprint density at radius 3 is 2.62 bits per heavy atom. The largest absolute Gasteiger partial charge is 0.101 e. The third-order valence-corrected chi connectivity index (χ3v) is 0.653. The lowest BCUT2D eigenvalue weighted by Crippen LogP contribution is -1.62. The predicted octanol–water partition coefficient (Wildman–Crippen LogP) is 2.14. The van der Waals surface area contributed by atoms with E-state index in [0.717, 1.165) is 5.57 Å². The first-order valence-corrected chi connectivity index (χ1v) is 2.55. The molecular weight excluding hydrogens is 96.1 g/mol. The van der Waals surface area contributed by atoms with Gasteiger partial charge in [-0.3, -0.25) is 0 Å². The first-order chi connectivity index (χ1) is 3.81. The molecule has 0 saturated carbocycles. The van der Waals surface area contributed by atoms with Gasteiger partial charge in [-0.05, 0) is 13.8 Å². The fourth-order valence-corrected chi connectivity index (χ4v) is 0.403. The van der Waals surface area contributed by atoms with Crippen LogP contribution in [-0.4, -0.2) is 0 Å². The molecule has 0 aliphatic rings. The van der Waals surface area contributed by atoms with Crippen LogP contribution in [0.1, 0.15) is 13.8 Å². The van der Waals surface area contributed by atoms with Crippen LogP contribution in [0.2, 0.25) is 0 Å². The molecule has 0 fully saturated rings. The van der Waals surface area contributed by atoms with Crippen LogP contribution in [0.15, 0.2) is 24.3 Å². The molecular formula is C8H10. The van der Waals surface area contributed by atoms with Gasteiger partial charge in [0.15, 0.2) is 0 Å². The summed E-state index contributed by atoms with van der Waals surface area (Å²) in [7, 11) is 0. The summed E-state index contributed by atoms with van der Waals surface area (Å²) < 4.78 is 0. The number of rotatable bonds is 1. The fraction of sp³-hybridized carbons (Fsp3) is 0.250. The summed E-state index contributed by atoms with van der Waals surface area (Å²) in [5.41, 5.74) is 0.870. The van der Waals surface area contributed by atoms with Crippen molar-refractivity contribution in [1.82, 2.24) is 0 Å². The second-order valence-corrected chi connectivity index (χ2v) is 1.40. The number of hydrogen-bond donors (Lipinski definition) is 0. The van der Waals surface area contributed by atoms with Gasteiger partial charge in [0, 0.05) is 5.57 Å². The smallest absolute Gasteiger partial charge is 0.0169 e. The highest BCUT2D eigenvalue weighted by molar-refractivity contribution is 5.34. The molecule has 0 heteroatoms. The summed E-state index contributed by atoms with van der Waals surface area (Å²) in [4.78, 5) is 0. The van der Waals surface area contributed by atoms with E-state index in [9.17, 15) is 0 Å². The molecule has 0 radical (unpaired) electrons. The lowest BCUT2D eigenvalue weighted by molar-refractivity contribution is 1.69. The van der Waals surface area contributed by atoms with Crippen molar-refractivity contribution in [2.75, 3.05) is 0 Å². The quantitative estimate of drug-likeness (QED) is 0.355. The molecule has 0 rings (SSSR count). The molecule has 0 bridgehead atoms. The maximum atomic E-state index is 3.67. The molecule has 0 nitrogen and oxygen atoms in total. The van der Waals surface area contributed by atoms with E-state index in [0.29, 0.717) is 0 Å². The van der Waals surface area contributed by atoms with E-state index in [1.54, 1.807) is 6.92 Å². The van der Waals surface area contributed by atoms with Crippen LogP contribution in [0.3, 0.4) is 0 Å². The van der Waals surface area contributed by atoms with Gasteiger partial charge in [-0.15, -0.1) is 5.92 Å². The first kappa shape index (κ1) is 7.04. The molecule has 0 aliphatic carbocycles. The van der Waals surface area contributed by atoms with Crippen LogP contribution in [0.4, 0.5) is 0 Å². The molecule has 0 atom stereocenters. The average molecular weight is 106 g/mol. The highest BCUT2D eigenvalue weighted by atomic mass is 13.8. The van der Waals surface area contributed by atoms with Gasteiger partial charge in [-0.2, -0.15) is 0 Å². The van der Waals surface area contributed by atoms with Crippen LogP contribution < -0.4 is 0 Å². The van der Waals surface area contributed by atoms with Gasteiger partial charge in [0.2, 0.25) is 0 Å². The molecule has 8 heavy (non-hydrogen) atoms. The van der Waals surface area contributed by atoms with E-state index in [2.05, 4.69) is 18.4 Å². The second-order valence-electron chi connectivity index (χ2n) is 1.40. The van der Waals surface area contributed by atoms with Gasteiger partial charge in [0.05, 0.1) is 0 Å². The minimum Gasteiger partial charge on any atom is -0.101 e. The summed E-state index contributed by atoms with van der Waals surface area (Å²) in [6.45, 7) is 7.42. The highest BCUT2D eigenvalue weighted by Crippen LogP contribution is 1.87. The molecule has 0 aromatic heterocycles. The summed E-state index contributed by atoms with van der Waals surface area (Å²) in [5, 5.41) is 0. The predicted molar refractivity (Wildman–Crippen MR) is 37.4 cm³/mol. The summed E-state index contributed by atoms with van der Waals surface area (Å²) in [6.07, 6.45) is 3.81. The van der Waals surface area contributed by atoms with Crippen LogP contribution in [0, 0.1) is 11.8 Å². The zero-order chi connectivity index (χ0) is 6.41. The van der Waals surface area contributed by atoms with Crippen molar-refractivity contribution in [2.24, 2.45) is 0 Å². The lowest BCUT2D eigenvalue weighted by atomic mass is 10.3. The minimum absolute atomic E-state index is 0.870. The van der Waals surface area contributed by atoms with E-state index < -0.39 is 0 Å². The third-order valence-electron chi connectivity index (χ3n) is 0.653. The van der Waals surface area contributed by atoms with Gasteiger partial charge in [0.25, 0.3) is 0 Å². The Morgan fingerprint density at radius 2 is 2.25 bits per heavy atom. The van der Waals surface area contributed by atoms with Gasteiger partial charge in [0.1, 0.15) is 0 Å². The Balaban J connectivity index is 3.79. The minimum atomic E-state index is 0.870. The molecule has 0 N–H and O–H groups in total. The highest BCUT2D eigenvalue weighted by Gasteiger charge is 1.71. The molecule has 0 heterocycles. The van der Waals surface area contributed by atoms with Crippen LogP contribution >= 0.6 is 0 Å². The van der Waals surface area contributed by atoms with E-state index >= 15 is 0 Å². The summed E-state index contributed by atoms with van der Waals surface area (Å²) in [6, 6.07) is 0. The molecule has 0 unspecified atom stereocenters. The molecule has 0 aromatic rings. The monoisotopic (exact) mass is 106 g/mol. The van der Waals surface area contributed by atoms with Crippen LogP contribution in [-0.2, 0) is 0 Å². The van der Waals surface area contributed by atoms with Gasteiger partial charge < -0.3 is 0 Å². The van der Waals surface area contributed by atoms with Crippen molar-refractivity contribution in [3.63, 3.8) is 0 Å². The maximum absolute atomic E-state index is 3.67. The topological polar surface area (TPSA) is 0 Å².